The van der Waals surface area contributed by atoms with E-state index in [9.17, 15) is 4.79 Å². The molecule has 0 amide bonds. The predicted molar refractivity (Wildman–Crippen MR) is 123 cm³/mol. The maximum absolute atomic E-state index is 12.9. The number of carbonyl (C=O) groups excluding carboxylic acids is 1. The van der Waals surface area contributed by atoms with Crippen molar-refractivity contribution in [3.05, 3.63) is 84.4 Å². The summed E-state index contributed by atoms with van der Waals surface area (Å²) >= 11 is 1.36. The van der Waals surface area contributed by atoms with E-state index in [0.29, 0.717) is 23.1 Å². The molecule has 0 aliphatic rings. The summed E-state index contributed by atoms with van der Waals surface area (Å²) < 4.78 is 12.9. The Morgan fingerprint density at radius 1 is 1.12 bits per heavy atom. The molecule has 3 heterocycles. The zero-order valence-corrected chi connectivity index (χ0v) is 18.1. The second-order valence-corrected chi connectivity index (χ2v) is 8.11. The maximum atomic E-state index is 12.9. The third-order valence-corrected chi connectivity index (χ3v) is 6.13. The highest BCUT2D eigenvalue weighted by atomic mass is 32.2. The lowest BCUT2D eigenvalue weighted by Gasteiger charge is -2.09. The zero-order valence-electron chi connectivity index (χ0n) is 17.3. The van der Waals surface area contributed by atoms with E-state index in [1.54, 1.807) is 19.6 Å². The van der Waals surface area contributed by atoms with Gasteiger partial charge in [-0.05, 0) is 30.3 Å². The fourth-order valence-corrected chi connectivity index (χ4v) is 4.40. The Bertz CT molecular complexity index is 1370. The standard InChI is InChI=1S/C24H20N4O3S/c1-30-17-7-4-6-16(12-17)23-26-27-24(28(23)14-18-8-5-11-31-18)32-15-22(29)20-13-25-21-10-3-2-9-19(20)21/h2-13,25H,14-15H2,1H3. The maximum Gasteiger partial charge on any atom is 0.192 e. The minimum Gasteiger partial charge on any atom is -0.497 e. The van der Waals surface area contributed by atoms with E-state index in [4.69, 9.17) is 9.15 Å². The molecular weight excluding hydrogens is 424 g/mol. The van der Waals surface area contributed by atoms with Crippen molar-refractivity contribution in [2.75, 3.05) is 12.9 Å². The summed E-state index contributed by atoms with van der Waals surface area (Å²) in [6.45, 7) is 0.455. The highest BCUT2D eigenvalue weighted by molar-refractivity contribution is 7.99. The number of H-pyrrole nitrogens is 1. The summed E-state index contributed by atoms with van der Waals surface area (Å²) in [4.78, 5) is 16.1. The molecule has 32 heavy (non-hydrogen) atoms. The number of carbonyl (C=O) groups is 1. The van der Waals surface area contributed by atoms with Gasteiger partial charge in [0.2, 0.25) is 0 Å². The van der Waals surface area contributed by atoms with Gasteiger partial charge in [-0.2, -0.15) is 0 Å². The van der Waals surface area contributed by atoms with Crippen molar-refractivity contribution in [1.29, 1.82) is 0 Å². The number of furan rings is 1. The van der Waals surface area contributed by atoms with Crippen LogP contribution in [-0.4, -0.2) is 38.4 Å². The van der Waals surface area contributed by atoms with Gasteiger partial charge < -0.3 is 14.1 Å². The van der Waals surface area contributed by atoms with Gasteiger partial charge in [-0.25, -0.2) is 0 Å². The molecule has 0 aliphatic heterocycles. The summed E-state index contributed by atoms with van der Waals surface area (Å²) in [7, 11) is 1.63. The first-order chi connectivity index (χ1) is 15.7. The van der Waals surface area contributed by atoms with Gasteiger partial charge in [0.25, 0.3) is 0 Å². The van der Waals surface area contributed by atoms with Crippen LogP contribution in [0.4, 0.5) is 0 Å². The van der Waals surface area contributed by atoms with Gasteiger partial charge in [-0.1, -0.05) is 42.1 Å². The summed E-state index contributed by atoms with van der Waals surface area (Å²) in [5.74, 6) is 2.47. The Kier molecular flexibility index (Phi) is 5.51. The van der Waals surface area contributed by atoms with Crippen molar-refractivity contribution in [3.8, 4) is 17.1 Å². The molecular formula is C24H20N4O3S. The van der Waals surface area contributed by atoms with Crippen LogP contribution in [0.5, 0.6) is 5.75 Å². The van der Waals surface area contributed by atoms with Crippen LogP contribution < -0.4 is 4.74 Å². The molecule has 0 saturated carbocycles. The number of nitrogens with one attached hydrogen (secondary N) is 1. The van der Waals surface area contributed by atoms with Gasteiger partial charge in [0.15, 0.2) is 16.8 Å². The Labute approximate surface area is 188 Å². The first kappa shape index (κ1) is 20.1. The van der Waals surface area contributed by atoms with Crippen molar-refractivity contribution >= 4 is 28.4 Å². The molecule has 0 aliphatic carbocycles. The number of benzene rings is 2. The SMILES string of the molecule is COc1cccc(-c2nnc(SCC(=O)c3c[nH]c4ccccc34)n2Cc2ccco2)c1. The molecule has 8 heteroatoms. The third kappa shape index (κ3) is 3.92. The molecule has 3 aromatic heterocycles. The van der Waals surface area contributed by atoms with E-state index in [2.05, 4.69) is 15.2 Å². The molecule has 0 fully saturated rings. The van der Waals surface area contributed by atoms with E-state index in [-0.39, 0.29) is 11.5 Å². The number of nitrogens with zero attached hydrogens (tertiary/aromatic N) is 3. The number of fused-ring (bicyclic) bond motifs is 1. The van der Waals surface area contributed by atoms with Crippen LogP contribution in [0, 0.1) is 0 Å². The van der Waals surface area contributed by atoms with Crippen molar-refractivity contribution < 1.29 is 13.9 Å². The largest absolute Gasteiger partial charge is 0.497 e. The highest BCUT2D eigenvalue weighted by Crippen LogP contribution is 2.28. The average Bonchev–Trinajstić information content (AvgIpc) is 3.58. The molecule has 0 saturated heterocycles. The number of ketones is 1. The fourth-order valence-electron chi connectivity index (χ4n) is 3.58. The van der Waals surface area contributed by atoms with Gasteiger partial charge >= 0.3 is 0 Å². The highest BCUT2D eigenvalue weighted by Gasteiger charge is 2.19. The molecule has 2 aromatic carbocycles. The van der Waals surface area contributed by atoms with Gasteiger partial charge in [0.05, 0.1) is 25.7 Å². The Morgan fingerprint density at radius 2 is 2.03 bits per heavy atom. The van der Waals surface area contributed by atoms with Crippen molar-refractivity contribution in [2.45, 2.75) is 11.7 Å². The fraction of sp³-hybridized carbons (Fsp3) is 0.125. The zero-order chi connectivity index (χ0) is 21.9. The summed E-state index contributed by atoms with van der Waals surface area (Å²) in [6.07, 6.45) is 3.40. The number of Topliss-reactive ketones (excluding diaryl/α,β-unsaturated/α-hetero) is 1. The van der Waals surface area contributed by atoms with E-state index in [1.165, 1.54) is 11.8 Å². The number of methoxy groups -OCH3 is 1. The number of para-hydroxylation sites is 1. The number of thioether (sulfide) groups is 1. The number of ether oxygens (including phenoxy) is 1. The van der Waals surface area contributed by atoms with Gasteiger partial charge in [-0.3, -0.25) is 9.36 Å². The van der Waals surface area contributed by atoms with E-state index < -0.39 is 0 Å². The number of hydrogen-bond acceptors (Lipinski definition) is 6. The quantitative estimate of drug-likeness (QED) is 0.266. The first-order valence-corrected chi connectivity index (χ1v) is 11.0. The number of hydrogen-bond donors (Lipinski definition) is 1. The van der Waals surface area contributed by atoms with Gasteiger partial charge in [0, 0.05) is 28.2 Å². The lowest BCUT2D eigenvalue weighted by Crippen LogP contribution is -2.06. The molecule has 0 atom stereocenters. The number of aromatic nitrogens is 4. The lowest BCUT2D eigenvalue weighted by atomic mass is 10.1. The van der Waals surface area contributed by atoms with Crippen LogP contribution in [0.2, 0.25) is 0 Å². The Morgan fingerprint density at radius 3 is 2.88 bits per heavy atom. The molecule has 0 radical (unpaired) electrons. The first-order valence-electron chi connectivity index (χ1n) is 10.0. The normalized spacial score (nSPS) is 11.2. The minimum atomic E-state index is 0.0305. The topological polar surface area (TPSA) is 85.9 Å². The van der Waals surface area contributed by atoms with Crippen LogP contribution in [0.15, 0.2) is 82.7 Å². The Balaban J connectivity index is 1.44. The van der Waals surface area contributed by atoms with Crippen LogP contribution in [0.3, 0.4) is 0 Å². The number of rotatable bonds is 8. The molecule has 160 valence electrons. The van der Waals surface area contributed by atoms with Crippen LogP contribution in [0.1, 0.15) is 16.1 Å². The second kappa shape index (κ2) is 8.76. The summed E-state index contributed by atoms with van der Waals surface area (Å²) in [6, 6.07) is 19.2. The molecule has 7 nitrogen and oxygen atoms in total. The van der Waals surface area contributed by atoms with E-state index >= 15 is 0 Å². The lowest BCUT2D eigenvalue weighted by molar-refractivity contribution is 0.102. The number of aromatic amines is 1. The van der Waals surface area contributed by atoms with Crippen LogP contribution in [-0.2, 0) is 6.54 Å². The summed E-state index contributed by atoms with van der Waals surface area (Å²) in [5.41, 5.74) is 2.50. The molecule has 0 bridgehead atoms. The molecule has 5 aromatic rings. The molecule has 0 spiro atoms. The average molecular weight is 445 g/mol. The third-order valence-electron chi connectivity index (χ3n) is 5.16. The molecule has 1 N–H and O–H groups in total. The van der Waals surface area contributed by atoms with Gasteiger partial charge in [0.1, 0.15) is 11.5 Å². The van der Waals surface area contributed by atoms with Crippen LogP contribution in [0.25, 0.3) is 22.3 Å². The minimum absolute atomic E-state index is 0.0305. The van der Waals surface area contributed by atoms with Crippen molar-refractivity contribution in [2.24, 2.45) is 0 Å². The smallest absolute Gasteiger partial charge is 0.192 e. The monoisotopic (exact) mass is 444 g/mol. The van der Waals surface area contributed by atoms with Crippen LogP contribution >= 0.6 is 11.8 Å². The van der Waals surface area contributed by atoms with Gasteiger partial charge in [-0.15, -0.1) is 10.2 Å². The Hall–Kier alpha value is -3.78. The van der Waals surface area contributed by atoms with E-state index in [0.717, 1.165) is 28.0 Å². The van der Waals surface area contributed by atoms with Crippen molar-refractivity contribution in [1.82, 2.24) is 19.7 Å². The van der Waals surface area contributed by atoms with Crippen molar-refractivity contribution in [3.63, 3.8) is 0 Å². The van der Waals surface area contributed by atoms with E-state index in [1.807, 2.05) is 65.2 Å². The molecule has 0 unspecified atom stereocenters. The molecule has 5 rings (SSSR count). The predicted octanol–water partition coefficient (Wildman–Crippen LogP) is 5.05. The summed E-state index contributed by atoms with van der Waals surface area (Å²) in [5, 5.41) is 10.4. The second-order valence-electron chi connectivity index (χ2n) is 7.16.